The van der Waals surface area contributed by atoms with E-state index in [1.54, 1.807) is 20.0 Å². The molecule has 0 fully saturated rings. The minimum atomic E-state index is -0.763. The van der Waals surface area contributed by atoms with Gasteiger partial charge in [0, 0.05) is 19.8 Å². The van der Waals surface area contributed by atoms with E-state index < -0.39 is 11.4 Å². The van der Waals surface area contributed by atoms with E-state index in [9.17, 15) is 9.90 Å². The Morgan fingerprint density at radius 3 is 2.64 bits per heavy atom. The van der Waals surface area contributed by atoms with Gasteiger partial charge in [0.25, 0.3) is 0 Å². The predicted octanol–water partition coefficient (Wildman–Crippen LogP) is 3.41. The third-order valence-corrected chi connectivity index (χ3v) is 4.70. The van der Waals surface area contributed by atoms with Gasteiger partial charge >= 0.3 is 5.97 Å². The van der Waals surface area contributed by atoms with E-state index in [0.717, 1.165) is 49.5 Å². The van der Waals surface area contributed by atoms with Crippen LogP contribution in [0.3, 0.4) is 0 Å². The van der Waals surface area contributed by atoms with Gasteiger partial charge in [0.2, 0.25) is 0 Å². The zero-order chi connectivity index (χ0) is 20.4. The van der Waals surface area contributed by atoms with E-state index in [1.807, 2.05) is 31.3 Å². The minimum Gasteiger partial charge on any atom is -0.481 e. The second kappa shape index (κ2) is 10.7. The molecule has 0 saturated heterocycles. The molecule has 2 rings (SSSR count). The molecule has 6 nitrogen and oxygen atoms in total. The smallest absolute Gasteiger partial charge is 0.309 e. The van der Waals surface area contributed by atoms with Crippen molar-refractivity contribution in [3.05, 3.63) is 53.7 Å². The average Bonchev–Trinajstić information content (AvgIpc) is 2.67. The molecule has 1 aromatic heterocycles. The van der Waals surface area contributed by atoms with Crippen molar-refractivity contribution in [1.29, 1.82) is 0 Å². The number of benzene rings is 1. The third-order valence-electron chi connectivity index (χ3n) is 4.70. The maximum absolute atomic E-state index is 11.3. The van der Waals surface area contributed by atoms with Crippen LogP contribution in [0.25, 0.3) is 0 Å². The third kappa shape index (κ3) is 6.85. The SMILES string of the molecule is CNc1ncccc1NCCCNCCc1cccc(CC(C)(C)C(=O)O)c1. The Bertz CT molecular complexity index is 762. The fraction of sp³-hybridized carbons (Fsp3) is 0.455. The summed E-state index contributed by atoms with van der Waals surface area (Å²) in [6.07, 6.45) is 4.26. The number of carboxylic acids is 1. The highest BCUT2D eigenvalue weighted by atomic mass is 16.4. The van der Waals surface area contributed by atoms with Gasteiger partial charge in [-0.25, -0.2) is 4.98 Å². The first-order chi connectivity index (χ1) is 13.4. The number of anilines is 2. The molecule has 0 spiro atoms. The molecule has 152 valence electrons. The van der Waals surface area contributed by atoms with Crippen LogP contribution in [0, 0.1) is 5.41 Å². The van der Waals surface area contributed by atoms with E-state index in [0.29, 0.717) is 6.42 Å². The number of hydrogen-bond acceptors (Lipinski definition) is 5. The molecule has 6 heteroatoms. The number of carbonyl (C=O) groups is 1. The molecule has 1 heterocycles. The van der Waals surface area contributed by atoms with Crippen LogP contribution in [0.4, 0.5) is 11.5 Å². The van der Waals surface area contributed by atoms with Crippen molar-refractivity contribution in [2.75, 3.05) is 37.3 Å². The molecule has 0 saturated carbocycles. The lowest BCUT2D eigenvalue weighted by molar-refractivity contribution is -0.146. The van der Waals surface area contributed by atoms with Crippen LogP contribution in [-0.4, -0.2) is 42.7 Å². The second-order valence-electron chi connectivity index (χ2n) is 7.62. The summed E-state index contributed by atoms with van der Waals surface area (Å²) in [5.41, 5.74) is 2.58. The highest BCUT2D eigenvalue weighted by molar-refractivity contribution is 5.74. The highest BCUT2D eigenvalue weighted by Gasteiger charge is 2.27. The molecule has 28 heavy (non-hydrogen) atoms. The molecule has 4 N–H and O–H groups in total. The molecule has 0 aliphatic rings. The van der Waals surface area contributed by atoms with Gasteiger partial charge in [-0.1, -0.05) is 24.3 Å². The predicted molar refractivity (Wildman–Crippen MR) is 115 cm³/mol. The lowest BCUT2D eigenvalue weighted by atomic mass is 9.85. The van der Waals surface area contributed by atoms with Crippen molar-refractivity contribution < 1.29 is 9.90 Å². The second-order valence-corrected chi connectivity index (χ2v) is 7.62. The topological polar surface area (TPSA) is 86.3 Å². The lowest BCUT2D eigenvalue weighted by Crippen LogP contribution is -2.26. The van der Waals surface area contributed by atoms with Crippen LogP contribution in [0.5, 0.6) is 0 Å². The summed E-state index contributed by atoms with van der Waals surface area (Å²) in [6, 6.07) is 12.2. The van der Waals surface area contributed by atoms with Crippen molar-refractivity contribution in [3.63, 3.8) is 0 Å². The fourth-order valence-electron chi connectivity index (χ4n) is 3.02. The Morgan fingerprint density at radius 1 is 1.11 bits per heavy atom. The standard InChI is InChI=1S/C22H32N4O2/c1-22(2,21(27)28)16-18-8-4-7-17(15-18)10-14-24-11-6-13-25-19-9-5-12-26-20(19)23-3/h4-5,7-9,12,15,24-25H,6,10-11,13-14,16H2,1-3H3,(H,23,26)(H,27,28). The lowest BCUT2D eigenvalue weighted by Gasteiger charge is -2.19. The van der Waals surface area contributed by atoms with Gasteiger partial charge in [0.15, 0.2) is 0 Å². The molecular formula is C22H32N4O2. The van der Waals surface area contributed by atoms with Gasteiger partial charge < -0.3 is 21.1 Å². The van der Waals surface area contributed by atoms with Gasteiger partial charge in [-0.15, -0.1) is 0 Å². The van der Waals surface area contributed by atoms with Crippen molar-refractivity contribution in [2.45, 2.75) is 33.1 Å². The number of aliphatic carboxylic acids is 1. The first-order valence-corrected chi connectivity index (χ1v) is 9.81. The Kier molecular flexibility index (Phi) is 8.26. The number of nitrogens with one attached hydrogen (secondary N) is 3. The summed E-state index contributed by atoms with van der Waals surface area (Å²) in [5, 5.41) is 19.2. The quantitative estimate of drug-likeness (QED) is 0.420. The van der Waals surface area contributed by atoms with E-state index in [2.05, 4.69) is 33.1 Å². The summed E-state index contributed by atoms with van der Waals surface area (Å²) in [6.45, 7) is 6.26. The van der Waals surface area contributed by atoms with Crippen LogP contribution in [0.1, 0.15) is 31.4 Å². The minimum absolute atomic E-state index is 0.540. The van der Waals surface area contributed by atoms with Gasteiger partial charge in [-0.05, 0) is 69.5 Å². The molecule has 0 aliphatic carbocycles. The summed E-state index contributed by atoms with van der Waals surface area (Å²) in [4.78, 5) is 15.6. The van der Waals surface area contributed by atoms with Crippen molar-refractivity contribution >= 4 is 17.5 Å². The normalized spacial score (nSPS) is 11.2. The number of aromatic nitrogens is 1. The van der Waals surface area contributed by atoms with E-state index in [-0.39, 0.29) is 0 Å². The van der Waals surface area contributed by atoms with E-state index in [4.69, 9.17) is 0 Å². The zero-order valence-electron chi connectivity index (χ0n) is 17.1. The Morgan fingerprint density at radius 2 is 1.89 bits per heavy atom. The van der Waals surface area contributed by atoms with Crippen LogP contribution in [0.2, 0.25) is 0 Å². The zero-order valence-corrected chi connectivity index (χ0v) is 17.1. The average molecular weight is 385 g/mol. The van der Waals surface area contributed by atoms with Crippen LogP contribution >= 0.6 is 0 Å². The number of nitrogens with zero attached hydrogens (tertiary/aromatic N) is 1. The van der Waals surface area contributed by atoms with Crippen molar-refractivity contribution in [3.8, 4) is 0 Å². The Balaban J connectivity index is 1.67. The molecule has 0 bridgehead atoms. The summed E-state index contributed by atoms with van der Waals surface area (Å²) >= 11 is 0. The number of hydrogen-bond donors (Lipinski definition) is 4. The molecule has 0 amide bonds. The summed E-state index contributed by atoms with van der Waals surface area (Å²) < 4.78 is 0. The number of carboxylic acid groups (broad SMARTS) is 1. The van der Waals surface area contributed by atoms with Gasteiger partial charge in [-0.3, -0.25) is 4.79 Å². The molecule has 2 aromatic rings. The fourth-order valence-corrected chi connectivity index (χ4v) is 3.02. The van der Waals surface area contributed by atoms with Crippen LogP contribution in [-0.2, 0) is 17.6 Å². The molecule has 0 unspecified atom stereocenters. The molecular weight excluding hydrogens is 352 g/mol. The Labute approximate surface area is 167 Å². The number of pyridine rings is 1. The molecule has 0 radical (unpaired) electrons. The van der Waals surface area contributed by atoms with Gasteiger partial charge in [0.05, 0.1) is 11.1 Å². The largest absolute Gasteiger partial charge is 0.481 e. The van der Waals surface area contributed by atoms with Crippen LogP contribution < -0.4 is 16.0 Å². The van der Waals surface area contributed by atoms with E-state index in [1.165, 1.54) is 5.56 Å². The van der Waals surface area contributed by atoms with Crippen molar-refractivity contribution in [2.24, 2.45) is 5.41 Å². The first-order valence-electron chi connectivity index (χ1n) is 9.81. The Hall–Kier alpha value is -2.60. The highest BCUT2D eigenvalue weighted by Crippen LogP contribution is 2.22. The molecule has 0 atom stereocenters. The first kappa shape index (κ1) is 21.7. The maximum Gasteiger partial charge on any atom is 0.309 e. The summed E-state index contributed by atoms with van der Waals surface area (Å²) in [5.74, 6) is 0.0997. The number of rotatable bonds is 12. The summed E-state index contributed by atoms with van der Waals surface area (Å²) in [7, 11) is 1.87. The van der Waals surface area contributed by atoms with Crippen LogP contribution in [0.15, 0.2) is 42.6 Å². The molecule has 0 aliphatic heterocycles. The molecule has 1 aromatic carbocycles. The van der Waals surface area contributed by atoms with Gasteiger partial charge in [0.1, 0.15) is 5.82 Å². The van der Waals surface area contributed by atoms with Crippen molar-refractivity contribution in [1.82, 2.24) is 10.3 Å². The maximum atomic E-state index is 11.3. The van der Waals surface area contributed by atoms with E-state index >= 15 is 0 Å². The monoisotopic (exact) mass is 384 g/mol. The van der Waals surface area contributed by atoms with Gasteiger partial charge in [-0.2, -0.15) is 0 Å².